The Bertz CT molecular complexity index is 915. The summed E-state index contributed by atoms with van der Waals surface area (Å²) >= 11 is 0. The SMILES string of the molecule is CC(=O)C(C)Oc1ccc(-c2cn3cc([N+](=O)[O-])ccc3n2)cc1. The Morgan fingerprint density at radius 1 is 1.21 bits per heavy atom. The molecule has 24 heavy (non-hydrogen) atoms. The van der Waals surface area contributed by atoms with Gasteiger partial charge in [-0.1, -0.05) is 0 Å². The highest BCUT2D eigenvalue weighted by atomic mass is 16.6. The molecule has 3 aromatic rings. The van der Waals surface area contributed by atoms with E-state index in [1.807, 2.05) is 12.1 Å². The maximum absolute atomic E-state index is 11.2. The van der Waals surface area contributed by atoms with Crippen LogP contribution in [-0.4, -0.2) is 26.2 Å². The third-order valence-corrected chi connectivity index (χ3v) is 3.68. The molecule has 0 spiro atoms. The fourth-order valence-electron chi connectivity index (χ4n) is 2.22. The zero-order valence-corrected chi connectivity index (χ0v) is 13.2. The van der Waals surface area contributed by atoms with Gasteiger partial charge in [-0.15, -0.1) is 0 Å². The number of carbonyl (C=O) groups is 1. The number of nitro groups is 1. The van der Waals surface area contributed by atoms with Gasteiger partial charge in [0, 0.05) is 17.8 Å². The Hall–Kier alpha value is -3.22. The van der Waals surface area contributed by atoms with Crippen molar-refractivity contribution in [3.63, 3.8) is 0 Å². The number of carbonyl (C=O) groups excluding carboxylic acids is 1. The zero-order valence-electron chi connectivity index (χ0n) is 13.2. The number of imidazole rings is 1. The van der Waals surface area contributed by atoms with Crippen LogP contribution in [0.2, 0.25) is 0 Å². The van der Waals surface area contributed by atoms with E-state index in [0.717, 1.165) is 5.56 Å². The third kappa shape index (κ3) is 3.10. The normalized spacial score (nSPS) is 12.1. The zero-order chi connectivity index (χ0) is 17.3. The number of aromatic nitrogens is 2. The summed E-state index contributed by atoms with van der Waals surface area (Å²) in [5.74, 6) is 0.557. The summed E-state index contributed by atoms with van der Waals surface area (Å²) in [7, 11) is 0. The van der Waals surface area contributed by atoms with Crippen molar-refractivity contribution in [1.29, 1.82) is 0 Å². The second-order valence-corrected chi connectivity index (χ2v) is 5.43. The van der Waals surface area contributed by atoms with Crippen LogP contribution in [-0.2, 0) is 4.79 Å². The summed E-state index contributed by atoms with van der Waals surface area (Å²) in [4.78, 5) is 26.1. The summed E-state index contributed by atoms with van der Waals surface area (Å²) in [5.41, 5.74) is 2.18. The van der Waals surface area contributed by atoms with E-state index in [-0.39, 0.29) is 11.5 Å². The van der Waals surface area contributed by atoms with Crippen LogP contribution < -0.4 is 4.74 Å². The first-order valence-corrected chi connectivity index (χ1v) is 7.35. The highest BCUT2D eigenvalue weighted by Crippen LogP contribution is 2.24. The molecule has 2 heterocycles. The molecule has 0 aliphatic heterocycles. The Balaban J connectivity index is 1.87. The number of pyridine rings is 1. The van der Waals surface area contributed by atoms with Crippen LogP contribution in [0.25, 0.3) is 16.9 Å². The minimum Gasteiger partial charge on any atom is -0.483 e. The number of Topliss-reactive ketones (excluding diaryl/α,β-unsaturated/α-hetero) is 1. The van der Waals surface area contributed by atoms with Crippen LogP contribution in [0.1, 0.15) is 13.8 Å². The van der Waals surface area contributed by atoms with Crippen LogP contribution in [0.3, 0.4) is 0 Å². The molecule has 0 radical (unpaired) electrons. The summed E-state index contributed by atoms with van der Waals surface area (Å²) < 4.78 is 7.14. The number of ether oxygens (including phenoxy) is 1. The molecule has 0 N–H and O–H groups in total. The Kier molecular flexibility index (Phi) is 3.99. The summed E-state index contributed by atoms with van der Waals surface area (Å²) in [6.45, 7) is 3.18. The Labute approximate surface area is 137 Å². The lowest BCUT2D eigenvalue weighted by Crippen LogP contribution is -2.20. The second-order valence-electron chi connectivity index (χ2n) is 5.43. The molecule has 7 nitrogen and oxygen atoms in total. The van der Waals surface area contributed by atoms with Gasteiger partial charge in [0.2, 0.25) is 0 Å². The second kappa shape index (κ2) is 6.11. The topological polar surface area (TPSA) is 86.7 Å². The molecular formula is C17H15N3O4. The molecule has 0 saturated carbocycles. The minimum absolute atomic E-state index is 0.00779. The van der Waals surface area contributed by atoms with Crippen molar-refractivity contribution in [3.05, 3.63) is 58.9 Å². The van der Waals surface area contributed by atoms with Gasteiger partial charge in [0.25, 0.3) is 5.69 Å². The fourth-order valence-corrected chi connectivity index (χ4v) is 2.22. The number of nitrogens with zero attached hydrogens (tertiary/aromatic N) is 3. The maximum Gasteiger partial charge on any atom is 0.286 e. The minimum atomic E-state index is -0.494. The van der Waals surface area contributed by atoms with E-state index in [1.54, 1.807) is 35.7 Å². The highest BCUT2D eigenvalue weighted by molar-refractivity contribution is 5.80. The molecule has 3 rings (SSSR count). The van der Waals surface area contributed by atoms with Crippen molar-refractivity contribution in [2.45, 2.75) is 20.0 Å². The van der Waals surface area contributed by atoms with Gasteiger partial charge in [-0.25, -0.2) is 4.98 Å². The number of benzene rings is 1. The van der Waals surface area contributed by atoms with Crippen molar-refractivity contribution in [2.24, 2.45) is 0 Å². The molecule has 1 unspecified atom stereocenters. The first-order valence-electron chi connectivity index (χ1n) is 7.35. The average molecular weight is 325 g/mol. The van der Waals surface area contributed by atoms with Crippen LogP contribution in [0.15, 0.2) is 48.8 Å². The van der Waals surface area contributed by atoms with Gasteiger partial charge in [-0.2, -0.15) is 0 Å². The van der Waals surface area contributed by atoms with E-state index in [2.05, 4.69) is 4.98 Å². The fraction of sp³-hybridized carbons (Fsp3) is 0.176. The van der Waals surface area contributed by atoms with E-state index in [9.17, 15) is 14.9 Å². The van der Waals surface area contributed by atoms with E-state index in [4.69, 9.17) is 4.74 Å². The van der Waals surface area contributed by atoms with Crippen LogP contribution >= 0.6 is 0 Å². The van der Waals surface area contributed by atoms with Gasteiger partial charge in [-0.05, 0) is 44.2 Å². The highest BCUT2D eigenvalue weighted by Gasteiger charge is 2.11. The van der Waals surface area contributed by atoms with Gasteiger partial charge in [0.15, 0.2) is 11.9 Å². The number of hydrogen-bond donors (Lipinski definition) is 0. The first-order chi connectivity index (χ1) is 11.4. The molecule has 2 aromatic heterocycles. The molecular weight excluding hydrogens is 310 g/mol. The summed E-state index contributed by atoms with van der Waals surface area (Å²) in [6, 6.07) is 10.2. The number of rotatable bonds is 5. The quantitative estimate of drug-likeness (QED) is 0.531. The molecule has 7 heteroatoms. The molecule has 0 fully saturated rings. The molecule has 0 aliphatic rings. The van der Waals surface area contributed by atoms with Crippen molar-refractivity contribution in [2.75, 3.05) is 0 Å². The van der Waals surface area contributed by atoms with Crippen molar-refractivity contribution < 1.29 is 14.5 Å². The molecule has 0 bridgehead atoms. The third-order valence-electron chi connectivity index (χ3n) is 3.68. The van der Waals surface area contributed by atoms with Gasteiger partial charge < -0.3 is 4.74 Å². The smallest absolute Gasteiger partial charge is 0.286 e. The number of hydrogen-bond acceptors (Lipinski definition) is 5. The Morgan fingerprint density at radius 2 is 1.92 bits per heavy atom. The van der Waals surface area contributed by atoms with E-state index >= 15 is 0 Å². The lowest BCUT2D eigenvalue weighted by atomic mass is 10.1. The van der Waals surface area contributed by atoms with E-state index in [0.29, 0.717) is 17.1 Å². The Morgan fingerprint density at radius 3 is 2.54 bits per heavy atom. The van der Waals surface area contributed by atoms with Crippen LogP contribution in [0, 0.1) is 10.1 Å². The molecule has 0 amide bonds. The predicted octanol–water partition coefficient (Wildman–Crippen LogP) is 3.27. The van der Waals surface area contributed by atoms with Gasteiger partial charge in [0.1, 0.15) is 11.4 Å². The maximum atomic E-state index is 11.2. The van der Waals surface area contributed by atoms with Gasteiger partial charge in [-0.3, -0.25) is 19.3 Å². The van der Waals surface area contributed by atoms with E-state index < -0.39 is 11.0 Å². The van der Waals surface area contributed by atoms with Crippen molar-refractivity contribution in [3.8, 4) is 17.0 Å². The number of ketones is 1. The monoisotopic (exact) mass is 325 g/mol. The predicted molar refractivity (Wildman–Crippen MR) is 88.1 cm³/mol. The molecule has 0 saturated heterocycles. The molecule has 1 atom stereocenters. The van der Waals surface area contributed by atoms with Gasteiger partial charge in [0.05, 0.1) is 16.8 Å². The standard InChI is InChI=1S/C17H15N3O4/c1-11(21)12(2)24-15-6-3-13(4-7-15)16-10-19-9-14(20(22)23)5-8-17(19)18-16/h3-10,12H,1-2H3. The summed E-state index contributed by atoms with van der Waals surface area (Å²) in [6.07, 6.45) is 2.67. The van der Waals surface area contributed by atoms with Crippen LogP contribution in [0.4, 0.5) is 5.69 Å². The molecule has 0 aliphatic carbocycles. The van der Waals surface area contributed by atoms with Crippen LogP contribution in [0.5, 0.6) is 5.75 Å². The number of fused-ring (bicyclic) bond motifs is 1. The molecule has 1 aromatic carbocycles. The van der Waals surface area contributed by atoms with Crippen molar-refractivity contribution >= 4 is 17.1 Å². The lowest BCUT2D eigenvalue weighted by Gasteiger charge is -2.11. The average Bonchev–Trinajstić information content (AvgIpc) is 2.98. The summed E-state index contributed by atoms with van der Waals surface area (Å²) in [5, 5.41) is 10.8. The lowest BCUT2D eigenvalue weighted by molar-refractivity contribution is -0.385. The molecule has 122 valence electrons. The van der Waals surface area contributed by atoms with Crippen molar-refractivity contribution in [1.82, 2.24) is 9.38 Å². The van der Waals surface area contributed by atoms with E-state index in [1.165, 1.54) is 19.2 Å². The van der Waals surface area contributed by atoms with Gasteiger partial charge >= 0.3 is 0 Å². The first kappa shape index (κ1) is 15.7. The largest absolute Gasteiger partial charge is 0.483 e.